The van der Waals surface area contributed by atoms with Gasteiger partial charge < -0.3 is 14.6 Å². The Labute approximate surface area is 94.6 Å². The number of hydrogen-bond acceptors (Lipinski definition) is 3. The Morgan fingerprint density at radius 2 is 2.06 bits per heavy atom. The Balaban J connectivity index is 2.95. The van der Waals surface area contributed by atoms with Crippen molar-refractivity contribution in [1.29, 1.82) is 0 Å². The van der Waals surface area contributed by atoms with Crippen LogP contribution in [-0.4, -0.2) is 31.0 Å². The lowest BCUT2D eigenvalue weighted by molar-refractivity contribution is -0.153. The van der Waals surface area contributed by atoms with Crippen LogP contribution in [0.25, 0.3) is 0 Å². The molecule has 0 atom stereocenters. The summed E-state index contributed by atoms with van der Waals surface area (Å²) in [5.74, 6) is -1.52. The second kappa shape index (κ2) is 4.94. The zero-order valence-electron chi connectivity index (χ0n) is 8.75. The first kappa shape index (κ1) is 13.1. The molecular weight excluding hydrogens is 241 g/mol. The lowest BCUT2D eigenvalue weighted by Gasteiger charge is -2.12. The van der Waals surface area contributed by atoms with Crippen molar-refractivity contribution in [2.24, 2.45) is 0 Å². The molecule has 0 heterocycles. The molecule has 0 saturated heterocycles. The van der Waals surface area contributed by atoms with Gasteiger partial charge in [0, 0.05) is 0 Å². The molecule has 0 spiro atoms. The molecule has 0 aliphatic heterocycles. The highest BCUT2D eigenvalue weighted by molar-refractivity contribution is 5.91. The topological polar surface area (TPSA) is 55.8 Å². The fourth-order valence-electron chi connectivity index (χ4n) is 1.09. The van der Waals surface area contributed by atoms with Crippen molar-refractivity contribution in [3.63, 3.8) is 0 Å². The summed E-state index contributed by atoms with van der Waals surface area (Å²) in [6.45, 7) is -1.54. The lowest BCUT2D eigenvalue weighted by atomic mass is 10.2. The van der Waals surface area contributed by atoms with Gasteiger partial charge in [-0.05, 0) is 18.2 Å². The number of ether oxygens (including phenoxy) is 2. The van der Waals surface area contributed by atoms with Gasteiger partial charge in [0.25, 0.3) is 0 Å². The van der Waals surface area contributed by atoms with Gasteiger partial charge in [0.2, 0.25) is 0 Å². The molecule has 7 heteroatoms. The molecule has 1 aromatic carbocycles. The van der Waals surface area contributed by atoms with Crippen molar-refractivity contribution in [2.75, 3.05) is 13.7 Å². The van der Waals surface area contributed by atoms with E-state index in [0.717, 1.165) is 12.1 Å². The molecule has 0 bridgehead atoms. The molecule has 4 nitrogen and oxygen atoms in total. The Morgan fingerprint density at radius 1 is 1.41 bits per heavy atom. The Bertz CT molecular complexity index is 415. The van der Waals surface area contributed by atoms with E-state index in [9.17, 15) is 18.0 Å². The minimum absolute atomic E-state index is 0.224. The first-order valence-corrected chi connectivity index (χ1v) is 4.44. The van der Waals surface area contributed by atoms with E-state index in [-0.39, 0.29) is 17.1 Å². The number of alkyl halides is 3. The number of halogens is 3. The Kier molecular flexibility index (Phi) is 3.82. The second-order valence-corrected chi connectivity index (χ2v) is 3.07. The van der Waals surface area contributed by atoms with Crippen molar-refractivity contribution in [1.82, 2.24) is 0 Å². The molecule has 0 aromatic heterocycles. The number of methoxy groups -OCH3 is 1. The third kappa shape index (κ3) is 3.86. The van der Waals surface area contributed by atoms with E-state index in [2.05, 4.69) is 4.74 Å². The molecule has 0 aliphatic carbocycles. The van der Waals surface area contributed by atoms with Crippen LogP contribution in [0.3, 0.4) is 0 Å². The highest BCUT2D eigenvalue weighted by atomic mass is 19.4. The van der Waals surface area contributed by atoms with Gasteiger partial charge in [0.05, 0.1) is 7.11 Å². The summed E-state index contributed by atoms with van der Waals surface area (Å²) < 4.78 is 44.9. The standard InChI is InChI=1S/C10H9F3O4/c1-16-6-2-3-8(7(4-6)9(14)15)17-5-10(11,12)13/h2-4H,5H2,1H3,(H,14,15). The SMILES string of the molecule is COc1ccc(OCC(F)(F)F)c(C(=O)O)c1. The van der Waals surface area contributed by atoms with E-state index in [0.29, 0.717) is 0 Å². The normalized spacial score (nSPS) is 11.1. The molecule has 0 radical (unpaired) electrons. The number of hydrogen-bond donors (Lipinski definition) is 1. The van der Waals surface area contributed by atoms with Crippen LogP contribution in [-0.2, 0) is 0 Å². The van der Waals surface area contributed by atoms with Crippen LogP contribution in [0.5, 0.6) is 11.5 Å². The third-order valence-corrected chi connectivity index (χ3v) is 1.81. The third-order valence-electron chi connectivity index (χ3n) is 1.81. The summed E-state index contributed by atoms with van der Waals surface area (Å²) in [5.41, 5.74) is -0.381. The minimum Gasteiger partial charge on any atom is -0.497 e. The van der Waals surface area contributed by atoms with Gasteiger partial charge in [0.15, 0.2) is 6.61 Å². The predicted molar refractivity (Wildman–Crippen MR) is 51.5 cm³/mol. The summed E-state index contributed by atoms with van der Waals surface area (Å²) in [6.07, 6.45) is -4.52. The predicted octanol–water partition coefficient (Wildman–Crippen LogP) is 2.33. The summed E-state index contributed by atoms with van der Waals surface area (Å²) in [4.78, 5) is 10.8. The smallest absolute Gasteiger partial charge is 0.422 e. The fraction of sp³-hybridized carbons (Fsp3) is 0.300. The molecule has 0 amide bonds. The molecule has 1 aromatic rings. The molecule has 0 fully saturated rings. The van der Waals surface area contributed by atoms with Crippen LogP contribution in [0.15, 0.2) is 18.2 Å². The van der Waals surface area contributed by atoms with E-state index in [1.807, 2.05) is 0 Å². The molecule has 1 rings (SSSR count). The average molecular weight is 250 g/mol. The van der Waals surface area contributed by atoms with Crippen LogP contribution >= 0.6 is 0 Å². The minimum atomic E-state index is -4.52. The zero-order valence-corrected chi connectivity index (χ0v) is 8.75. The molecule has 17 heavy (non-hydrogen) atoms. The van der Waals surface area contributed by atoms with Crippen LogP contribution < -0.4 is 9.47 Å². The molecule has 94 valence electrons. The van der Waals surface area contributed by atoms with Gasteiger partial charge in [0.1, 0.15) is 17.1 Å². The summed E-state index contributed by atoms with van der Waals surface area (Å²) in [6, 6.07) is 3.53. The number of benzene rings is 1. The van der Waals surface area contributed by atoms with Crippen LogP contribution in [0.1, 0.15) is 10.4 Å². The first-order valence-electron chi connectivity index (χ1n) is 4.44. The number of carboxylic acids is 1. The molecule has 0 aliphatic rings. The van der Waals surface area contributed by atoms with Gasteiger partial charge in [-0.1, -0.05) is 0 Å². The molecular formula is C10H9F3O4. The van der Waals surface area contributed by atoms with Crippen LogP contribution in [0.4, 0.5) is 13.2 Å². The van der Waals surface area contributed by atoms with Crippen molar-refractivity contribution < 1.29 is 32.5 Å². The van der Waals surface area contributed by atoms with E-state index in [1.165, 1.54) is 13.2 Å². The number of carboxylic acid groups (broad SMARTS) is 1. The zero-order chi connectivity index (χ0) is 13.1. The van der Waals surface area contributed by atoms with Crippen molar-refractivity contribution in [3.05, 3.63) is 23.8 Å². The largest absolute Gasteiger partial charge is 0.497 e. The maximum atomic E-state index is 11.9. The summed E-state index contributed by atoms with van der Waals surface area (Å²) in [7, 11) is 1.32. The molecule has 1 N–H and O–H groups in total. The Morgan fingerprint density at radius 3 is 2.53 bits per heavy atom. The monoisotopic (exact) mass is 250 g/mol. The van der Waals surface area contributed by atoms with Crippen LogP contribution in [0, 0.1) is 0 Å². The molecule has 0 unspecified atom stereocenters. The number of carbonyl (C=O) groups is 1. The molecule has 0 saturated carbocycles. The number of aromatic carboxylic acids is 1. The average Bonchev–Trinajstić information content (AvgIpc) is 2.25. The maximum Gasteiger partial charge on any atom is 0.422 e. The van der Waals surface area contributed by atoms with Gasteiger partial charge in [-0.25, -0.2) is 4.79 Å². The summed E-state index contributed by atoms with van der Waals surface area (Å²) >= 11 is 0. The van der Waals surface area contributed by atoms with E-state index >= 15 is 0 Å². The highest BCUT2D eigenvalue weighted by Gasteiger charge is 2.29. The van der Waals surface area contributed by atoms with E-state index < -0.39 is 18.8 Å². The second-order valence-electron chi connectivity index (χ2n) is 3.07. The van der Waals surface area contributed by atoms with Gasteiger partial charge in [-0.2, -0.15) is 13.2 Å². The summed E-state index contributed by atoms with van der Waals surface area (Å²) in [5, 5.41) is 8.80. The van der Waals surface area contributed by atoms with Gasteiger partial charge in [-0.3, -0.25) is 0 Å². The van der Waals surface area contributed by atoms with E-state index in [1.54, 1.807) is 0 Å². The number of rotatable bonds is 4. The van der Waals surface area contributed by atoms with Gasteiger partial charge >= 0.3 is 12.1 Å². The fourth-order valence-corrected chi connectivity index (χ4v) is 1.09. The van der Waals surface area contributed by atoms with Crippen LogP contribution in [0.2, 0.25) is 0 Å². The van der Waals surface area contributed by atoms with Gasteiger partial charge in [-0.15, -0.1) is 0 Å². The first-order chi connectivity index (χ1) is 7.83. The quantitative estimate of drug-likeness (QED) is 0.891. The van der Waals surface area contributed by atoms with E-state index in [4.69, 9.17) is 9.84 Å². The van der Waals surface area contributed by atoms with Crippen molar-refractivity contribution >= 4 is 5.97 Å². The Hall–Kier alpha value is -1.92. The lowest BCUT2D eigenvalue weighted by Crippen LogP contribution is -2.20. The highest BCUT2D eigenvalue weighted by Crippen LogP contribution is 2.26. The van der Waals surface area contributed by atoms with Crippen molar-refractivity contribution in [2.45, 2.75) is 6.18 Å². The maximum absolute atomic E-state index is 11.9. The van der Waals surface area contributed by atoms with Crippen molar-refractivity contribution in [3.8, 4) is 11.5 Å².